The van der Waals surface area contributed by atoms with Gasteiger partial charge in [-0.15, -0.1) is 0 Å². The van der Waals surface area contributed by atoms with Crippen molar-refractivity contribution in [2.75, 3.05) is 11.5 Å². The van der Waals surface area contributed by atoms with Crippen molar-refractivity contribution in [3.8, 4) is 23.0 Å². The number of aryl methyl sites for hydroxylation is 4. The third-order valence-electron chi connectivity index (χ3n) is 6.70. The maximum Gasteiger partial charge on any atom is 0.457 e. The van der Waals surface area contributed by atoms with Crippen molar-refractivity contribution in [1.82, 2.24) is 0 Å². The summed E-state index contributed by atoms with van der Waals surface area (Å²) in [6.07, 6.45) is -6.19. The number of anilines is 2. The summed E-state index contributed by atoms with van der Waals surface area (Å²) in [6, 6.07) is 14.6. The lowest BCUT2D eigenvalue weighted by Gasteiger charge is -2.35. The molecule has 0 aromatic heterocycles. The van der Waals surface area contributed by atoms with Crippen LogP contribution in [0.4, 0.5) is 37.7 Å². The number of nitrogen functional groups attached to an aromatic ring is 2. The summed E-state index contributed by atoms with van der Waals surface area (Å²) < 4.78 is 98.8. The molecule has 0 aliphatic carbocycles. The van der Waals surface area contributed by atoms with Gasteiger partial charge >= 0.3 is 12.1 Å². The Kier molecular flexibility index (Phi) is 7.64. The molecule has 0 aliphatic rings. The number of halogens is 6. The molecule has 4 aromatic carbocycles. The van der Waals surface area contributed by atoms with Gasteiger partial charge in [-0.3, -0.25) is 0 Å². The second-order valence-electron chi connectivity index (χ2n) is 9.95. The van der Waals surface area contributed by atoms with Crippen molar-refractivity contribution in [1.29, 1.82) is 0 Å². The van der Waals surface area contributed by atoms with Gasteiger partial charge in [0.15, 0.2) is 0 Å². The summed E-state index contributed by atoms with van der Waals surface area (Å²) in [7, 11) is 0. The molecule has 0 unspecified atom stereocenters. The van der Waals surface area contributed by atoms with Gasteiger partial charge < -0.3 is 20.9 Å². The van der Waals surface area contributed by atoms with E-state index >= 15 is 4.39 Å². The standard InChI is InChI=1S/C31H28F6N2O2/c1-17-13-23(38)14-18(2)27(17)40-25-9-5-21(6-10-25)29(32,30(33,34)31(35,36)37)22-7-11-26(12-8-22)41-28-19(3)15-24(39)16-20(28)4/h5-16H,38-39H2,1-4H3. The monoisotopic (exact) mass is 574 g/mol. The van der Waals surface area contributed by atoms with Crippen molar-refractivity contribution in [3.05, 3.63) is 106 Å². The van der Waals surface area contributed by atoms with Crippen LogP contribution in [0.25, 0.3) is 0 Å². The van der Waals surface area contributed by atoms with Gasteiger partial charge in [0.2, 0.25) is 5.67 Å². The topological polar surface area (TPSA) is 70.5 Å². The van der Waals surface area contributed by atoms with Crippen LogP contribution in [0.1, 0.15) is 33.4 Å². The quantitative estimate of drug-likeness (QED) is 0.171. The average molecular weight is 575 g/mol. The van der Waals surface area contributed by atoms with E-state index in [1.165, 1.54) is 0 Å². The molecule has 4 aromatic rings. The van der Waals surface area contributed by atoms with Gasteiger partial charge in [0.25, 0.3) is 0 Å². The molecule has 0 fully saturated rings. The Labute approximate surface area is 233 Å². The van der Waals surface area contributed by atoms with Crippen LogP contribution in [0.2, 0.25) is 0 Å². The lowest BCUT2D eigenvalue weighted by atomic mass is 9.82. The van der Waals surface area contributed by atoms with E-state index in [0.29, 0.717) is 45.1 Å². The molecule has 0 bridgehead atoms. The van der Waals surface area contributed by atoms with Crippen molar-refractivity contribution >= 4 is 11.4 Å². The van der Waals surface area contributed by atoms with E-state index in [2.05, 4.69) is 0 Å². The summed E-state index contributed by atoms with van der Waals surface area (Å²) in [5.41, 5.74) is 9.30. The molecular weight excluding hydrogens is 546 g/mol. The minimum Gasteiger partial charge on any atom is -0.457 e. The summed E-state index contributed by atoms with van der Waals surface area (Å²) >= 11 is 0. The molecule has 41 heavy (non-hydrogen) atoms. The van der Waals surface area contributed by atoms with Crippen LogP contribution in [-0.2, 0) is 5.67 Å². The highest BCUT2D eigenvalue weighted by atomic mass is 19.4. The van der Waals surface area contributed by atoms with Crippen LogP contribution in [0, 0.1) is 27.7 Å². The predicted molar refractivity (Wildman–Crippen MR) is 147 cm³/mol. The Morgan fingerprint density at radius 1 is 0.512 bits per heavy atom. The van der Waals surface area contributed by atoms with Crippen molar-refractivity contribution in [2.45, 2.75) is 45.5 Å². The van der Waals surface area contributed by atoms with Crippen LogP contribution in [0.15, 0.2) is 72.8 Å². The summed E-state index contributed by atoms with van der Waals surface area (Å²) in [6.45, 7) is 6.97. The Balaban J connectivity index is 1.72. The summed E-state index contributed by atoms with van der Waals surface area (Å²) in [5, 5.41) is 0. The number of benzene rings is 4. The minimum absolute atomic E-state index is 0.111. The Hall–Kier alpha value is -4.34. The van der Waals surface area contributed by atoms with E-state index in [1.807, 2.05) is 0 Å². The lowest BCUT2D eigenvalue weighted by Crippen LogP contribution is -2.53. The fourth-order valence-electron chi connectivity index (χ4n) is 4.76. The van der Waals surface area contributed by atoms with Crippen LogP contribution in [-0.4, -0.2) is 12.1 Å². The summed E-state index contributed by atoms with van der Waals surface area (Å²) in [4.78, 5) is 0. The molecule has 0 atom stereocenters. The third-order valence-corrected chi connectivity index (χ3v) is 6.70. The molecule has 0 spiro atoms. The van der Waals surface area contributed by atoms with Crippen LogP contribution in [0.3, 0.4) is 0 Å². The molecule has 4 rings (SSSR count). The van der Waals surface area contributed by atoms with Gasteiger partial charge in [-0.1, -0.05) is 24.3 Å². The molecule has 0 saturated heterocycles. The number of hydrogen-bond acceptors (Lipinski definition) is 4. The highest BCUT2D eigenvalue weighted by molar-refractivity contribution is 5.55. The highest BCUT2D eigenvalue weighted by Crippen LogP contribution is 2.54. The average Bonchev–Trinajstić information content (AvgIpc) is 2.88. The van der Waals surface area contributed by atoms with Crippen LogP contribution < -0.4 is 20.9 Å². The first kappa shape index (κ1) is 29.6. The molecule has 0 saturated carbocycles. The molecule has 4 nitrogen and oxygen atoms in total. The van der Waals surface area contributed by atoms with Crippen LogP contribution in [0.5, 0.6) is 23.0 Å². The van der Waals surface area contributed by atoms with Crippen molar-refractivity contribution in [3.63, 3.8) is 0 Å². The fourth-order valence-corrected chi connectivity index (χ4v) is 4.76. The molecule has 216 valence electrons. The van der Waals surface area contributed by atoms with Gasteiger partial charge in [-0.2, -0.15) is 22.0 Å². The van der Waals surface area contributed by atoms with E-state index in [0.717, 1.165) is 48.5 Å². The van der Waals surface area contributed by atoms with Crippen molar-refractivity contribution in [2.24, 2.45) is 0 Å². The zero-order valence-corrected chi connectivity index (χ0v) is 22.7. The predicted octanol–water partition coefficient (Wildman–Crippen LogP) is 9.08. The minimum atomic E-state index is -6.19. The summed E-state index contributed by atoms with van der Waals surface area (Å²) in [5.74, 6) is -4.69. The molecule has 0 heterocycles. The third kappa shape index (κ3) is 5.51. The second-order valence-corrected chi connectivity index (χ2v) is 9.95. The number of ether oxygens (including phenoxy) is 2. The Bertz CT molecular complexity index is 1420. The van der Waals surface area contributed by atoms with Gasteiger partial charge in [-0.25, -0.2) is 4.39 Å². The molecule has 0 radical (unpaired) electrons. The zero-order chi connectivity index (χ0) is 30.3. The van der Waals surface area contributed by atoms with Gasteiger partial charge in [0.1, 0.15) is 23.0 Å². The number of rotatable bonds is 7. The number of alkyl halides is 6. The molecule has 4 N–H and O–H groups in total. The first-order valence-electron chi connectivity index (χ1n) is 12.5. The van der Waals surface area contributed by atoms with Gasteiger partial charge in [0.05, 0.1) is 0 Å². The first-order valence-corrected chi connectivity index (χ1v) is 12.5. The maximum absolute atomic E-state index is 16.4. The van der Waals surface area contributed by atoms with Gasteiger partial charge in [0, 0.05) is 22.5 Å². The van der Waals surface area contributed by atoms with Crippen molar-refractivity contribution < 1.29 is 35.8 Å². The van der Waals surface area contributed by atoms with Crippen LogP contribution >= 0.6 is 0 Å². The largest absolute Gasteiger partial charge is 0.457 e. The normalized spacial score (nSPS) is 12.3. The number of nitrogens with two attached hydrogens (primary N) is 2. The Morgan fingerprint density at radius 2 is 0.805 bits per heavy atom. The van der Waals surface area contributed by atoms with E-state index in [4.69, 9.17) is 20.9 Å². The highest BCUT2D eigenvalue weighted by Gasteiger charge is 2.72. The van der Waals surface area contributed by atoms with E-state index in [-0.39, 0.29) is 11.5 Å². The molecule has 0 aliphatic heterocycles. The second kappa shape index (κ2) is 10.6. The SMILES string of the molecule is Cc1cc(N)cc(C)c1Oc1ccc(C(F)(c2ccc(Oc3c(C)cc(N)cc3C)cc2)C(F)(F)C(F)(F)F)cc1. The smallest absolute Gasteiger partial charge is 0.457 e. The lowest BCUT2D eigenvalue weighted by molar-refractivity contribution is -0.323. The molecular formula is C31H28F6N2O2. The van der Waals surface area contributed by atoms with E-state index < -0.39 is 28.9 Å². The van der Waals surface area contributed by atoms with E-state index in [1.54, 1.807) is 52.0 Å². The van der Waals surface area contributed by atoms with Gasteiger partial charge in [-0.05, 0) is 98.5 Å². The maximum atomic E-state index is 16.4. The number of hydrogen-bond donors (Lipinski definition) is 2. The molecule has 0 amide bonds. The fraction of sp³-hybridized carbons (Fsp3) is 0.226. The van der Waals surface area contributed by atoms with E-state index in [9.17, 15) is 22.0 Å². The molecule has 10 heteroatoms. The first-order chi connectivity index (χ1) is 19.0. The zero-order valence-electron chi connectivity index (χ0n) is 22.7. The Morgan fingerprint density at radius 3 is 1.07 bits per heavy atom.